The van der Waals surface area contributed by atoms with E-state index >= 15 is 0 Å². The van der Waals surface area contributed by atoms with Crippen molar-refractivity contribution in [3.63, 3.8) is 0 Å². The largest absolute Gasteiger partial charge is 0.507 e. The van der Waals surface area contributed by atoms with E-state index in [4.69, 9.17) is 18.9 Å². The number of carbonyl (C=O) groups excluding carboxylic acids is 4. The Morgan fingerprint density at radius 3 is 0.580 bits per heavy atom. The number of ether oxygens (including phenoxy) is 4. The van der Waals surface area contributed by atoms with Crippen LogP contribution < -0.4 is 21.3 Å². The number of aromatic hydroxyl groups is 8. The van der Waals surface area contributed by atoms with Gasteiger partial charge < -0.3 is 81.1 Å². The maximum atomic E-state index is 13.3. The summed E-state index contributed by atoms with van der Waals surface area (Å²) in [7, 11) is 0. The molecule has 0 aromatic heterocycles. The van der Waals surface area contributed by atoms with Gasteiger partial charge in [-0.2, -0.15) is 0 Å². The van der Waals surface area contributed by atoms with Crippen molar-refractivity contribution in [3.8, 4) is 46.0 Å². The molecule has 0 saturated heterocycles. The van der Waals surface area contributed by atoms with E-state index in [9.17, 15) is 60.0 Å². The number of nitrogens with one attached hydrogen (secondary N) is 4. The molecular formula is C76H88Cl4N4O16. The van der Waals surface area contributed by atoms with E-state index in [0.29, 0.717) is 22.3 Å². The number of esters is 4. The topological polar surface area (TPSA) is 315 Å². The highest BCUT2D eigenvalue weighted by molar-refractivity contribution is 5.86. The summed E-state index contributed by atoms with van der Waals surface area (Å²) in [6, 6.07) is 35.4. The number of benzene rings is 8. The van der Waals surface area contributed by atoms with Gasteiger partial charge >= 0.3 is 23.9 Å². The molecule has 0 unspecified atom stereocenters. The van der Waals surface area contributed by atoms with Gasteiger partial charge in [-0.3, -0.25) is 19.2 Å². The van der Waals surface area contributed by atoms with Gasteiger partial charge in [-0.1, -0.05) is 119 Å². The minimum absolute atomic E-state index is 0. The lowest BCUT2D eigenvalue weighted by molar-refractivity contribution is -0.142. The predicted octanol–water partition coefficient (Wildman–Crippen LogP) is 11.9. The number of aryl methyl sites for hydroxylation is 4. The molecule has 8 bridgehead atoms. The molecule has 0 fully saturated rings. The molecule has 0 aliphatic heterocycles. The molecule has 100 heavy (non-hydrogen) atoms. The molecule has 8 aromatic rings. The summed E-state index contributed by atoms with van der Waals surface area (Å²) in [4.78, 5) is 52.3. The van der Waals surface area contributed by atoms with Gasteiger partial charge in [0.15, 0.2) is 0 Å². The summed E-state index contributed by atoms with van der Waals surface area (Å²) >= 11 is 0. The first-order valence-corrected chi connectivity index (χ1v) is 32.1. The molecule has 9 rings (SSSR count). The molecule has 20 nitrogen and oxygen atoms in total. The summed E-state index contributed by atoms with van der Waals surface area (Å²) in [5, 5.41) is 119. The van der Waals surface area contributed by atoms with Crippen LogP contribution in [0.3, 0.4) is 0 Å². The van der Waals surface area contributed by atoms with Crippen LogP contribution in [0.2, 0.25) is 0 Å². The third-order valence-corrected chi connectivity index (χ3v) is 17.4. The van der Waals surface area contributed by atoms with Crippen molar-refractivity contribution in [2.24, 2.45) is 0 Å². The number of phenols is 8. The Hall–Kier alpha value is -8.96. The van der Waals surface area contributed by atoms with Gasteiger partial charge in [-0.25, -0.2) is 0 Å². The Balaban J connectivity index is 0.00000451. The zero-order valence-corrected chi connectivity index (χ0v) is 60.1. The fraction of sp³-hybridized carbons (Fsp3) is 0.316. The minimum atomic E-state index is -1.29. The van der Waals surface area contributed by atoms with Crippen molar-refractivity contribution < 1.29 is 79.0 Å². The lowest BCUT2D eigenvalue weighted by Gasteiger charge is -2.32. The average Bonchev–Trinajstić information content (AvgIpc) is 0.730. The minimum Gasteiger partial charge on any atom is -0.507 e. The summed E-state index contributed by atoms with van der Waals surface area (Å²) in [6.45, 7) is 11.5. The SMILES string of the molecule is CCOC(=O)CNCc1c(O)c2cc(c1O)C(c1ccc(C)cc1)c1cc(c(O)c(CNCC(=O)OCC)c1O)C(c1ccc(C)cc1)c1cc(c(O)c(CNCC(=O)OCC)c1O)C(c1ccc(C)cc1)c1cc(c(O)c(CNCC(=O)OCC)c1O)C2c1ccc(C)cc1.Cl.Cl.Cl.Cl. The normalized spacial score (nSPS) is 14.4. The second-order valence-corrected chi connectivity index (χ2v) is 23.9. The zero-order valence-electron chi connectivity index (χ0n) is 56.8. The van der Waals surface area contributed by atoms with Crippen LogP contribution in [0.4, 0.5) is 0 Å². The van der Waals surface area contributed by atoms with Gasteiger partial charge in [-0.05, 0) is 102 Å². The average molecular weight is 1460 g/mol. The molecule has 0 heterocycles. The maximum absolute atomic E-state index is 13.3. The highest BCUT2D eigenvalue weighted by Gasteiger charge is 2.39. The third kappa shape index (κ3) is 18.1. The number of phenolic OH excluding ortho intramolecular Hbond substituents is 8. The summed E-state index contributed by atoms with van der Waals surface area (Å²) in [6.07, 6.45) is 0. The number of rotatable bonds is 24. The van der Waals surface area contributed by atoms with Crippen molar-refractivity contribution in [1.82, 2.24) is 21.3 Å². The molecule has 0 spiro atoms. The molecule has 1 aliphatic rings. The van der Waals surface area contributed by atoms with Crippen LogP contribution >= 0.6 is 49.6 Å². The van der Waals surface area contributed by atoms with E-state index in [1.807, 2.05) is 76.2 Å². The fourth-order valence-electron chi connectivity index (χ4n) is 12.6. The second kappa shape index (κ2) is 36.9. The van der Waals surface area contributed by atoms with Gasteiger partial charge in [0.25, 0.3) is 0 Å². The fourth-order valence-corrected chi connectivity index (χ4v) is 12.6. The molecule has 1 aliphatic carbocycles. The van der Waals surface area contributed by atoms with Gasteiger partial charge in [0, 0.05) is 94.4 Å². The number of halogens is 4. The maximum Gasteiger partial charge on any atom is 0.319 e. The van der Waals surface area contributed by atoms with Gasteiger partial charge in [0.1, 0.15) is 46.0 Å². The van der Waals surface area contributed by atoms with E-state index in [0.717, 1.165) is 22.3 Å². The van der Waals surface area contributed by atoms with Crippen LogP contribution in [0.15, 0.2) is 121 Å². The monoisotopic (exact) mass is 1450 g/mol. The van der Waals surface area contributed by atoms with E-state index in [2.05, 4.69) is 21.3 Å². The lowest BCUT2D eigenvalue weighted by Crippen LogP contribution is -2.25. The van der Waals surface area contributed by atoms with E-state index < -0.39 is 93.5 Å². The van der Waals surface area contributed by atoms with E-state index in [1.54, 1.807) is 100 Å². The van der Waals surface area contributed by atoms with E-state index in [-0.39, 0.29) is 195 Å². The van der Waals surface area contributed by atoms with Gasteiger partial charge in [-0.15, -0.1) is 49.6 Å². The summed E-state index contributed by atoms with van der Waals surface area (Å²) in [5.74, 6) is -11.6. The Kier molecular flexibility index (Phi) is 30.2. The molecule has 8 aromatic carbocycles. The van der Waals surface area contributed by atoms with Crippen LogP contribution in [-0.4, -0.2) is 117 Å². The van der Waals surface area contributed by atoms with Crippen LogP contribution in [0, 0.1) is 27.7 Å². The quantitative estimate of drug-likeness (QED) is 0.0198. The zero-order chi connectivity index (χ0) is 69.1. The van der Waals surface area contributed by atoms with Crippen LogP contribution in [0.25, 0.3) is 0 Å². The molecule has 0 saturated carbocycles. The first-order valence-electron chi connectivity index (χ1n) is 32.1. The Bertz CT molecular complexity index is 3510. The third-order valence-electron chi connectivity index (χ3n) is 17.4. The number of carbonyl (C=O) groups is 4. The molecule has 0 atom stereocenters. The van der Waals surface area contributed by atoms with Crippen molar-refractivity contribution in [2.75, 3.05) is 52.6 Å². The smallest absolute Gasteiger partial charge is 0.319 e. The van der Waals surface area contributed by atoms with Crippen molar-refractivity contribution >= 4 is 73.5 Å². The standard InChI is InChI=1S/C76H84N4O16.4ClH/c1-9-93-61(81)37-77-33-57-69(85)49-29-50(70(57)86)66(46-23-15-42(6)16-24-46)52-31-54(74(90)59(72(52)88)35-79-39-63(83)95-11-3)68(48-27-19-44(8)20-28-48)56-32-55(75(91)60(76(56)92)36-80-40-64(84)96-12-4)67(47-25-17-43(7)18-26-47)53-30-51(65(49)45-21-13-41(5)14-22-45)71(87)58(73(53)89)34-78-38-62(82)94-10-2;;;;/h13-32,65-68,77-80,85-92H,9-12,33-40H2,1-8H3;4*1H. The number of hydrogen-bond acceptors (Lipinski definition) is 20. The first kappa shape index (κ1) is 81.7. The Morgan fingerprint density at radius 2 is 0.440 bits per heavy atom. The van der Waals surface area contributed by atoms with Crippen molar-refractivity contribution in [1.29, 1.82) is 0 Å². The summed E-state index contributed by atoms with van der Waals surface area (Å²) in [5.41, 5.74) is 5.18. The second-order valence-electron chi connectivity index (χ2n) is 23.9. The Morgan fingerprint density at radius 1 is 0.290 bits per heavy atom. The van der Waals surface area contributed by atoms with Gasteiger partial charge in [0.2, 0.25) is 0 Å². The highest BCUT2D eigenvalue weighted by atomic mass is 35.5. The van der Waals surface area contributed by atoms with Crippen molar-refractivity contribution in [2.45, 2.75) is 105 Å². The lowest BCUT2D eigenvalue weighted by atomic mass is 9.73. The molecule has 0 amide bonds. The molecule has 536 valence electrons. The van der Waals surface area contributed by atoms with Crippen LogP contribution in [0.1, 0.15) is 163 Å². The van der Waals surface area contributed by atoms with E-state index in [1.165, 1.54) is 0 Å². The predicted molar refractivity (Wildman–Crippen MR) is 390 cm³/mol. The van der Waals surface area contributed by atoms with Crippen LogP contribution in [0.5, 0.6) is 46.0 Å². The number of fused-ring (bicyclic) bond motifs is 8. The van der Waals surface area contributed by atoms with Crippen molar-refractivity contribution in [3.05, 3.63) is 233 Å². The Labute approximate surface area is 606 Å². The first-order chi connectivity index (χ1) is 46.1. The van der Waals surface area contributed by atoms with Crippen LogP contribution in [-0.2, 0) is 64.3 Å². The highest BCUT2D eigenvalue weighted by Crippen LogP contribution is 2.57. The summed E-state index contributed by atoms with van der Waals surface area (Å²) < 4.78 is 21.1. The van der Waals surface area contributed by atoms with Gasteiger partial charge in [0.05, 0.1) is 74.9 Å². The molecule has 24 heteroatoms. The number of hydrogen-bond donors (Lipinski definition) is 12. The molecule has 0 radical (unpaired) electrons. The molecule has 12 N–H and O–H groups in total. The molecular weight excluding hydrogens is 1370 g/mol.